The molecule has 0 fully saturated rings. The van der Waals surface area contributed by atoms with Crippen LogP contribution in [0.25, 0.3) is 0 Å². The highest BCUT2D eigenvalue weighted by atomic mass is 32.2. The van der Waals surface area contributed by atoms with Gasteiger partial charge in [0.05, 0.1) is 5.75 Å². The Bertz CT molecular complexity index is 646. The lowest BCUT2D eigenvalue weighted by Crippen LogP contribution is -2.25. The minimum absolute atomic E-state index is 0.0334. The Labute approximate surface area is 143 Å². The fourth-order valence-electron chi connectivity index (χ4n) is 1.65. The predicted octanol–water partition coefficient (Wildman–Crippen LogP) is 2.80. The van der Waals surface area contributed by atoms with E-state index in [0.29, 0.717) is 16.6 Å². The Hall–Kier alpha value is -1.93. The Balaban J connectivity index is 1.81. The van der Waals surface area contributed by atoms with Crippen LogP contribution in [-0.4, -0.2) is 34.3 Å². The van der Waals surface area contributed by atoms with E-state index in [9.17, 15) is 9.59 Å². The zero-order valence-corrected chi connectivity index (χ0v) is 14.4. The summed E-state index contributed by atoms with van der Waals surface area (Å²) in [6, 6.07) is 9.16. The molecule has 1 aromatic heterocycles. The van der Waals surface area contributed by atoms with Gasteiger partial charge in [0.2, 0.25) is 10.9 Å². The molecule has 0 unspecified atom stereocenters. The van der Waals surface area contributed by atoms with Crippen LogP contribution in [0.15, 0.2) is 34.7 Å². The molecule has 6 nitrogen and oxygen atoms in total. The molecule has 1 heterocycles. The van der Waals surface area contributed by atoms with E-state index < -0.39 is 0 Å². The molecule has 2 aromatic rings. The molecular weight excluding hydrogens is 332 g/mol. The van der Waals surface area contributed by atoms with Crippen molar-refractivity contribution >= 4 is 40.6 Å². The van der Waals surface area contributed by atoms with Crippen molar-refractivity contribution in [3.63, 3.8) is 0 Å². The number of thioether (sulfide) groups is 1. The van der Waals surface area contributed by atoms with Gasteiger partial charge in [-0.3, -0.25) is 9.59 Å². The van der Waals surface area contributed by atoms with Crippen molar-refractivity contribution in [1.82, 2.24) is 15.5 Å². The second-order valence-electron chi connectivity index (χ2n) is 4.69. The number of aromatic nitrogens is 2. The van der Waals surface area contributed by atoms with E-state index in [2.05, 4.69) is 27.8 Å². The topological polar surface area (TPSA) is 84.0 Å². The fourth-order valence-corrected chi connectivity index (χ4v) is 3.23. The minimum Gasteiger partial charge on any atom is -0.355 e. The van der Waals surface area contributed by atoms with E-state index in [1.807, 2.05) is 18.2 Å². The van der Waals surface area contributed by atoms with Gasteiger partial charge >= 0.3 is 0 Å². The third-order valence-corrected chi connectivity index (χ3v) is 4.87. The number of unbranched alkanes of at least 4 members (excludes halogenated alkanes) is 1. The average molecular weight is 350 g/mol. The third-order valence-electron chi connectivity index (χ3n) is 2.81. The van der Waals surface area contributed by atoms with Crippen LogP contribution in [-0.2, 0) is 4.79 Å². The number of amides is 2. The van der Waals surface area contributed by atoms with E-state index in [1.54, 1.807) is 12.1 Å². The maximum atomic E-state index is 12.0. The van der Waals surface area contributed by atoms with Crippen molar-refractivity contribution in [1.29, 1.82) is 0 Å². The maximum Gasteiger partial charge on any atom is 0.286 e. The van der Waals surface area contributed by atoms with Crippen molar-refractivity contribution in [3.05, 3.63) is 35.3 Å². The summed E-state index contributed by atoms with van der Waals surface area (Å²) in [6.45, 7) is 2.76. The van der Waals surface area contributed by atoms with Gasteiger partial charge in [0.15, 0.2) is 4.34 Å². The molecule has 0 aliphatic heterocycles. The molecule has 0 aliphatic carbocycles. The molecular formula is C15H18N4O2S2. The number of anilines is 1. The number of carbonyl (C=O) groups is 2. The van der Waals surface area contributed by atoms with Gasteiger partial charge in [-0.15, -0.1) is 10.2 Å². The van der Waals surface area contributed by atoms with Crippen LogP contribution < -0.4 is 10.6 Å². The summed E-state index contributed by atoms with van der Waals surface area (Å²) in [7, 11) is 0. The number of benzene rings is 1. The van der Waals surface area contributed by atoms with E-state index in [-0.39, 0.29) is 22.6 Å². The van der Waals surface area contributed by atoms with Gasteiger partial charge in [-0.2, -0.15) is 0 Å². The quantitative estimate of drug-likeness (QED) is 0.565. The van der Waals surface area contributed by atoms with Crippen LogP contribution in [0.3, 0.4) is 0 Å². The second kappa shape index (κ2) is 9.26. The molecule has 0 saturated carbocycles. The van der Waals surface area contributed by atoms with Crippen molar-refractivity contribution in [3.8, 4) is 0 Å². The molecule has 8 heteroatoms. The maximum absolute atomic E-state index is 12.0. The van der Waals surface area contributed by atoms with Gasteiger partial charge in [0.1, 0.15) is 0 Å². The van der Waals surface area contributed by atoms with Crippen molar-refractivity contribution in [2.45, 2.75) is 24.1 Å². The third kappa shape index (κ3) is 5.99. The summed E-state index contributed by atoms with van der Waals surface area (Å²) in [4.78, 5) is 23.7. The monoisotopic (exact) mass is 350 g/mol. The molecule has 2 amide bonds. The zero-order chi connectivity index (χ0) is 16.5. The first-order chi connectivity index (χ1) is 11.2. The lowest BCUT2D eigenvalue weighted by atomic mass is 10.3. The summed E-state index contributed by atoms with van der Waals surface area (Å²) in [5.74, 6) is -0.0551. The fraction of sp³-hybridized carbons (Fsp3) is 0.333. The highest BCUT2D eigenvalue weighted by Crippen LogP contribution is 2.22. The standard InChI is InChI=1S/C15H18N4O2S2/c1-2-3-9-16-12(20)10-22-15-19-18-14(23-15)13(21)17-11-7-5-4-6-8-11/h4-8H,2-3,9-10H2,1H3,(H,16,20)(H,17,21). The summed E-state index contributed by atoms with van der Waals surface area (Å²) in [5, 5.41) is 13.7. The molecule has 0 saturated heterocycles. The number of para-hydroxylation sites is 1. The molecule has 1 aromatic carbocycles. The Morgan fingerprint density at radius 3 is 2.74 bits per heavy atom. The first-order valence-corrected chi connectivity index (χ1v) is 9.08. The van der Waals surface area contributed by atoms with Crippen LogP contribution in [0.5, 0.6) is 0 Å². The lowest BCUT2D eigenvalue weighted by Gasteiger charge is -2.02. The van der Waals surface area contributed by atoms with Crippen LogP contribution in [0.4, 0.5) is 5.69 Å². The number of nitrogens with one attached hydrogen (secondary N) is 2. The Morgan fingerprint density at radius 2 is 2.00 bits per heavy atom. The zero-order valence-electron chi connectivity index (χ0n) is 12.7. The van der Waals surface area contributed by atoms with Crippen LogP contribution in [0.1, 0.15) is 29.6 Å². The normalized spacial score (nSPS) is 10.3. The summed E-state index contributed by atoms with van der Waals surface area (Å²) < 4.78 is 0.605. The molecule has 0 aliphatic rings. The Morgan fingerprint density at radius 1 is 1.22 bits per heavy atom. The SMILES string of the molecule is CCCCNC(=O)CSc1nnc(C(=O)Nc2ccccc2)s1. The molecule has 0 radical (unpaired) electrons. The predicted molar refractivity (Wildman–Crippen MR) is 92.9 cm³/mol. The van der Waals surface area contributed by atoms with E-state index in [4.69, 9.17) is 0 Å². The highest BCUT2D eigenvalue weighted by molar-refractivity contribution is 8.01. The highest BCUT2D eigenvalue weighted by Gasteiger charge is 2.14. The van der Waals surface area contributed by atoms with Crippen molar-refractivity contribution in [2.75, 3.05) is 17.6 Å². The minimum atomic E-state index is -0.298. The molecule has 2 rings (SSSR count). The van der Waals surface area contributed by atoms with Gasteiger partial charge in [-0.05, 0) is 18.6 Å². The number of rotatable bonds is 8. The molecule has 0 spiro atoms. The average Bonchev–Trinajstić information content (AvgIpc) is 3.03. The van der Waals surface area contributed by atoms with E-state index in [1.165, 1.54) is 23.1 Å². The summed E-state index contributed by atoms with van der Waals surface area (Å²) >= 11 is 2.46. The van der Waals surface area contributed by atoms with Crippen molar-refractivity contribution < 1.29 is 9.59 Å². The van der Waals surface area contributed by atoms with Gasteiger partial charge in [0, 0.05) is 12.2 Å². The summed E-state index contributed by atoms with van der Waals surface area (Å²) in [6.07, 6.45) is 2.02. The lowest BCUT2D eigenvalue weighted by molar-refractivity contribution is -0.118. The largest absolute Gasteiger partial charge is 0.355 e. The summed E-state index contributed by atoms with van der Waals surface area (Å²) in [5.41, 5.74) is 0.706. The van der Waals surface area contributed by atoms with Gasteiger partial charge < -0.3 is 10.6 Å². The number of hydrogen-bond donors (Lipinski definition) is 2. The van der Waals surface area contributed by atoms with E-state index >= 15 is 0 Å². The molecule has 23 heavy (non-hydrogen) atoms. The van der Waals surface area contributed by atoms with Crippen LogP contribution in [0.2, 0.25) is 0 Å². The molecule has 2 N–H and O–H groups in total. The number of hydrogen-bond acceptors (Lipinski definition) is 6. The Kier molecular flexibility index (Phi) is 7.02. The van der Waals surface area contributed by atoms with Crippen LogP contribution in [0, 0.1) is 0 Å². The first kappa shape index (κ1) is 17.4. The first-order valence-electron chi connectivity index (χ1n) is 7.28. The van der Waals surface area contributed by atoms with Gasteiger partial charge in [-0.25, -0.2) is 0 Å². The molecule has 0 bridgehead atoms. The smallest absolute Gasteiger partial charge is 0.286 e. The van der Waals surface area contributed by atoms with E-state index in [0.717, 1.165) is 12.8 Å². The molecule has 0 atom stereocenters. The van der Waals surface area contributed by atoms with Gasteiger partial charge in [0.25, 0.3) is 5.91 Å². The van der Waals surface area contributed by atoms with Crippen LogP contribution >= 0.6 is 23.1 Å². The number of nitrogens with zero attached hydrogens (tertiary/aromatic N) is 2. The van der Waals surface area contributed by atoms with Gasteiger partial charge in [-0.1, -0.05) is 54.6 Å². The number of carbonyl (C=O) groups excluding carboxylic acids is 2. The molecule has 122 valence electrons. The second-order valence-corrected chi connectivity index (χ2v) is 6.89. The van der Waals surface area contributed by atoms with Crippen molar-refractivity contribution in [2.24, 2.45) is 0 Å².